The summed E-state index contributed by atoms with van der Waals surface area (Å²) in [5, 5.41) is 0. The first kappa shape index (κ1) is 15.8. The van der Waals surface area contributed by atoms with Gasteiger partial charge in [-0.2, -0.15) is 0 Å². The average molecular weight is 348 g/mol. The number of hydrogen-bond donors (Lipinski definition) is 1. The highest BCUT2D eigenvalue weighted by molar-refractivity contribution is 7.71. The first-order valence-corrected chi connectivity index (χ1v) is 8.65. The zero-order valence-electron chi connectivity index (χ0n) is 13.5. The molecule has 4 rings (SSSR count). The van der Waals surface area contributed by atoms with Gasteiger partial charge in [-0.1, -0.05) is 0 Å². The lowest BCUT2D eigenvalue weighted by atomic mass is 9.87. The number of aromatic amines is 1. The summed E-state index contributed by atoms with van der Waals surface area (Å²) in [6.45, 7) is 1.18. The molecule has 2 aliphatic rings. The van der Waals surface area contributed by atoms with Gasteiger partial charge in [0.2, 0.25) is 0 Å². The highest BCUT2D eigenvalue weighted by Crippen LogP contribution is 2.31. The van der Waals surface area contributed by atoms with Gasteiger partial charge in [0.1, 0.15) is 0 Å². The van der Waals surface area contributed by atoms with Gasteiger partial charge in [-0.15, -0.1) is 0 Å². The molecule has 1 N–H and O–H groups in total. The van der Waals surface area contributed by atoms with E-state index in [2.05, 4.69) is 4.98 Å². The van der Waals surface area contributed by atoms with E-state index in [1.54, 1.807) is 13.2 Å². The summed E-state index contributed by atoms with van der Waals surface area (Å²) in [6, 6.07) is 5.47. The number of ether oxygens (including phenoxy) is 2. The van der Waals surface area contributed by atoms with Crippen molar-refractivity contribution < 1.29 is 18.7 Å². The van der Waals surface area contributed by atoms with Crippen LogP contribution in [-0.4, -0.2) is 54.3 Å². The number of fused-ring (bicyclic) bond motifs is 2. The Balaban J connectivity index is 1.62. The van der Waals surface area contributed by atoms with Crippen LogP contribution in [0.2, 0.25) is 0 Å². The van der Waals surface area contributed by atoms with Crippen molar-refractivity contribution in [1.29, 1.82) is 0 Å². The van der Waals surface area contributed by atoms with Gasteiger partial charge in [0.05, 0.1) is 30.4 Å². The highest BCUT2D eigenvalue weighted by atomic mass is 32.1. The summed E-state index contributed by atoms with van der Waals surface area (Å²) in [5.74, 6) is 0.00858. The molecule has 2 fully saturated rings. The number of rotatable bonds is 2. The second kappa shape index (κ2) is 6.31. The van der Waals surface area contributed by atoms with E-state index in [0.717, 1.165) is 24.8 Å². The Morgan fingerprint density at radius 3 is 3.12 bits per heavy atom. The second-order valence-electron chi connectivity index (χ2n) is 6.37. The summed E-state index contributed by atoms with van der Waals surface area (Å²) in [7, 11) is 1.73. The Morgan fingerprint density at radius 1 is 1.42 bits per heavy atom. The molecule has 2 heterocycles. The third kappa shape index (κ3) is 2.76. The fraction of sp³-hybridized carbons (Fsp3) is 0.529. The Labute approximate surface area is 144 Å². The third-order valence-electron chi connectivity index (χ3n) is 5.03. The highest BCUT2D eigenvalue weighted by Gasteiger charge is 2.40. The van der Waals surface area contributed by atoms with Gasteiger partial charge in [0, 0.05) is 19.2 Å². The lowest BCUT2D eigenvalue weighted by molar-refractivity contribution is -0.101. The minimum absolute atomic E-state index is 0.00858. The summed E-state index contributed by atoms with van der Waals surface area (Å²) in [6.07, 6.45) is 3.02. The number of nitrogens with one attached hydrogen (secondary N) is 1. The van der Waals surface area contributed by atoms with Crippen LogP contribution in [0.3, 0.4) is 0 Å². The Hall–Kier alpha value is -1.70. The van der Waals surface area contributed by atoms with Crippen LogP contribution in [0.4, 0.5) is 0 Å². The number of amides is 1. The predicted molar refractivity (Wildman–Crippen MR) is 90.6 cm³/mol. The summed E-state index contributed by atoms with van der Waals surface area (Å²) < 4.78 is 16.8. The summed E-state index contributed by atoms with van der Waals surface area (Å²) in [5.41, 5.74) is 2.02. The molecule has 2 aromatic rings. The van der Waals surface area contributed by atoms with Crippen molar-refractivity contribution in [2.45, 2.75) is 37.5 Å². The van der Waals surface area contributed by atoms with Crippen molar-refractivity contribution in [3.63, 3.8) is 0 Å². The third-order valence-corrected chi connectivity index (χ3v) is 5.22. The maximum Gasteiger partial charge on any atom is 0.266 e. The standard InChI is InChI=1S/C17H20N2O4S/c1-21-11-3-5-14-13(9-11)19(6-7-22-14)16(20)10-2-4-12-15(8-10)23-17(24)18-12/h2,4,8,11,13-14H,3,5-7,9H2,1H3,(H,18,24)/t11-,13-,14-/m1/s1. The van der Waals surface area contributed by atoms with E-state index in [9.17, 15) is 4.79 Å². The molecular weight excluding hydrogens is 328 g/mol. The van der Waals surface area contributed by atoms with E-state index in [1.165, 1.54) is 0 Å². The number of aromatic nitrogens is 1. The molecular formula is C17H20N2O4S. The van der Waals surface area contributed by atoms with Gasteiger partial charge < -0.3 is 23.8 Å². The van der Waals surface area contributed by atoms with Crippen LogP contribution in [-0.2, 0) is 9.47 Å². The molecule has 0 unspecified atom stereocenters. The molecule has 6 nitrogen and oxygen atoms in total. The van der Waals surface area contributed by atoms with E-state index in [-0.39, 0.29) is 24.2 Å². The lowest BCUT2D eigenvalue weighted by Crippen LogP contribution is -2.56. The number of methoxy groups -OCH3 is 1. The molecule has 1 aromatic carbocycles. The van der Waals surface area contributed by atoms with Gasteiger partial charge in [-0.25, -0.2) is 0 Å². The number of hydrogen-bond acceptors (Lipinski definition) is 5. The lowest BCUT2D eigenvalue weighted by Gasteiger charge is -2.45. The number of carbonyl (C=O) groups excluding carboxylic acids is 1. The topological polar surface area (TPSA) is 67.7 Å². The van der Waals surface area contributed by atoms with Crippen LogP contribution in [0.5, 0.6) is 0 Å². The first-order chi connectivity index (χ1) is 11.7. The zero-order chi connectivity index (χ0) is 16.7. The summed E-state index contributed by atoms with van der Waals surface area (Å²) >= 11 is 5.00. The van der Waals surface area contributed by atoms with Gasteiger partial charge in [-0.05, 0) is 49.7 Å². The number of H-pyrrole nitrogens is 1. The Bertz CT molecular complexity index is 814. The maximum atomic E-state index is 13.1. The Morgan fingerprint density at radius 2 is 2.29 bits per heavy atom. The van der Waals surface area contributed by atoms with Crippen LogP contribution < -0.4 is 0 Å². The van der Waals surface area contributed by atoms with Crippen LogP contribution in [0, 0.1) is 4.84 Å². The van der Waals surface area contributed by atoms with E-state index in [4.69, 9.17) is 26.1 Å². The molecule has 1 aliphatic carbocycles. The molecule has 7 heteroatoms. The molecule has 1 aliphatic heterocycles. The molecule has 3 atom stereocenters. The molecule has 24 heavy (non-hydrogen) atoms. The van der Waals surface area contributed by atoms with E-state index in [1.807, 2.05) is 17.0 Å². The smallest absolute Gasteiger partial charge is 0.266 e. The largest absolute Gasteiger partial charge is 0.429 e. The molecule has 0 radical (unpaired) electrons. The fourth-order valence-corrected chi connectivity index (χ4v) is 3.98. The fourth-order valence-electron chi connectivity index (χ4n) is 3.78. The monoisotopic (exact) mass is 348 g/mol. The minimum Gasteiger partial charge on any atom is -0.429 e. The zero-order valence-corrected chi connectivity index (χ0v) is 14.3. The van der Waals surface area contributed by atoms with Gasteiger partial charge in [0.15, 0.2) is 5.58 Å². The number of benzene rings is 1. The molecule has 0 spiro atoms. The van der Waals surface area contributed by atoms with Gasteiger partial charge >= 0.3 is 0 Å². The molecule has 1 aromatic heterocycles. The maximum absolute atomic E-state index is 13.1. The normalized spacial score (nSPS) is 27.2. The summed E-state index contributed by atoms with van der Waals surface area (Å²) in [4.78, 5) is 18.2. The number of oxazole rings is 1. The van der Waals surface area contributed by atoms with Crippen molar-refractivity contribution in [3.05, 3.63) is 28.6 Å². The van der Waals surface area contributed by atoms with Crippen molar-refractivity contribution in [3.8, 4) is 0 Å². The van der Waals surface area contributed by atoms with Crippen molar-refractivity contribution in [1.82, 2.24) is 9.88 Å². The van der Waals surface area contributed by atoms with Crippen molar-refractivity contribution >= 4 is 29.2 Å². The minimum atomic E-state index is 0.00858. The number of carbonyl (C=O) groups is 1. The van der Waals surface area contributed by atoms with Crippen LogP contribution in [0.1, 0.15) is 29.6 Å². The quantitative estimate of drug-likeness (QED) is 0.845. The molecule has 0 bridgehead atoms. The van der Waals surface area contributed by atoms with Crippen LogP contribution in [0.25, 0.3) is 11.1 Å². The van der Waals surface area contributed by atoms with Crippen molar-refractivity contribution in [2.24, 2.45) is 0 Å². The Kier molecular flexibility index (Phi) is 4.15. The van der Waals surface area contributed by atoms with E-state index < -0.39 is 0 Å². The number of morpholine rings is 1. The molecule has 1 saturated carbocycles. The molecule has 1 saturated heterocycles. The predicted octanol–water partition coefficient (Wildman–Crippen LogP) is 2.90. The first-order valence-electron chi connectivity index (χ1n) is 8.24. The van der Waals surface area contributed by atoms with E-state index >= 15 is 0 Å². The molecule has 1 amide bonds. The average Bonchev–Trinajstić information content (AvgIpc) is 2.99. The second-order valence-corrected chi connectivity index (χ2v) is 6.74. The van der Waals surface area contributed by atoms with E-state index in [0.29, 0.717) is 29.1 Å². The van der Waals surface area contributed by atoms with Crippen LogP contribution >= 0.6 is 12.2 Å². The van der Waals surface area contributed by atoms with Crippen LogP contribution in [0.15, 0.2) is 22.6 Å². The van der Waals surface area contributed by atoms with Gasteiger partial charge in [-0.3, -0.25) is 4.79 Å². The molecule has 128 valence electrons. The van der Waals surface area contributed by atoms with Crippen molar-refractivity contribution in [2.75, 3.05) is 20.3 Å². The number of nitrogens with zero attached hydrogens (tertiary/aromatic N) is 1. The SMILES string of the molecule is CO[C@@H]1CC[C@H]2OCCN(C(=O)c3ccc4[nH]c(=S)oc4c3)[C@@H]2C1. The van der Waals surface area contributed by atoms with Gasteiger partial charge in [0.25, 0.3) is 10.7 Å².